The maximum atomic E-state index is 12.0. The monoisotopic (exact) mass is 340 g/mol. The lowest BCUT2D eigenvalue weighted by Gasteiger charge is -2.11. The molecule has 0 aliphatic heterocycles. The van der Waals surface area contributed by atoms with E-state index in [1.165, 1.54) is 16.7 Å². The number of rotatable bonds is 5. The molecule has 0 aliphatic rings. The van der Waals surface area contributed by atoms with Crippen molar-refractivity contribution in [3.05, 3.63) is 53.7 Å². The fourth-order valence-corrected chi connectivity index (χ4v) is 2.55. The molecule has 2 aromatic rings. The summed E-state index contributed by atoms with van der Waals surface area (Å²) in [5.41, 5.74) is 1.69. The van der Waals surface area contributed by atoms with Crippen molar-refractivity contribution in [1.29, 1.82) is 5.26 Å². The minimum absolute atomic E-state index is 0.0909. The average molecular weight is 340 g/mol. The third kappa shape index (κ3) is 4.83. The molecule has 0 fully saturated rings. The zero-order valence-electron chi connectivity index (χ0n) is 13.3. The van der Waals surface area contributed by atoms with Crippen LogP contribution in [0.15, 0.2) is 47.6 Å². The molecule has 0 atom stereocenters. The van der Waals surface area contributed by atoms with Crippen LogP contribution in [0.4, 0.5) is 5.69 Å². The minimum atomic E-state index is -0.184. The van der Waals surface area contributed by atoms with Gasteiger partial charge < -0.3 is 10.2 Å². The smallest absolute Gasteiger partial charge is 0.253 e. The van der Waals surface area contributed by atoms with E-state index in [1.54, 1.807) is 56.7 Å². The molecule has 0 saturated carbocycles. The van der Waals surface area contributed by atoms with Crippen molar-refractivity contribution in [2.24, 2.45) is 0 Å². The summed E-state index contributed by atoms with van der Waals surface area (Å²) in [5.74, 6) is -0.0944. The maximum absolute atomic E-state index is 12.0. The number of hydrogen-bond donors (Lipinski definition) is 1. The highest BCUT2D eigenvalue weighted by atomic mass is 32.2. The number of nitrogens with one attached hydrogen (secondary N) is 1. The Morgan fingerprint density at radius 3 is 2.58 bits per heavy atom. The molecular formula is C17H16N4O2S. The molecule has 0 unspecified atom stereocenters. The molecule has 1 aromatic carbocycles. The summed E-state index contributed by atoms with van der Waals surface area (Å²) < 4.78 is 0. The van der Waals surface area contributed by atoms with Crippen LogP contribution in [0.25, 0.3) is 0 Å². The van der Waals surface area contributed by atoms with Crippen molar-refractivity contribution < 1.29 is 9.59 Å². The number of thioether (sulfide) groups is 1. The molecule has 7 heteroatoms. The van der Waals surface area contributed by atoms with Crippen LogP contribution in [0.2, 0.25) is 0 Å². The van der Waals surface area contributed by atoms with E-state index in [1.807, 2.05) is 6.07 Å². The lowest BCUT2D eigenvalue weighted by molar-refractivity contribution is -0.113. The van der Waals surface area contributed by atoms with Gasteiger partial charge in [0.2, 0.25) is 5.91 Å². The number of anilines is 1. The van der Waals surface area contributed by atoms with Gasteiger partial charge in [-0.05, 0) is 36.4 Å². The zero-order valence-corrected chi connectivity index (χ0v) is 14.1. The maximum Gasteiger partial charge on any atom is 0.253 e. The van der Waals surface area contributed by atoms with Crippen LogP contribution < -0.4 is 5.32 Å². The van der Waals surface area contributed by atoms with Crippen LogP contribution in [0, 0.1) is 11.3 Å². The minimum Gasteiger partial charge on any atom is -0.345 e. The van der Waals surface area contributed by atoms with Crippen LogP contribution in [0.3, 0.4) is 0 Å². The van der Waals surface area contributed by atoms with Gasteiger partial charge in [0.25, 0.3) is 5.91 Å². The van der Waals surface area contributed by atoms with Crippen molar-refractivity contribution in [2.45, 2.75) is 5.03 Å². The van der Waals surface area contributed by atoms with Crippen molar-refractivity contribution >= 4 is 29.3 Å². The molecule has 2 amide bonds. The molecule has 24 heavy (non-hydrogen) atoms. The molecule has 1 heterocycles. The summed E-state index contributed by atoms with van der Waals surface area (Å²) in [6, 6.07) is 12.0. The van der Waals surface area contributed by atoms with Gasteiger partial charge in [-0.3, -0.25) is 9.59 Å². The number of carbonyl (C=O) groups excluding carboxylic acids is 2. The normalized spacial score (nSPS) is 9.88. The first-order valence-electron chi connectivity index (χ1n) is 7.10. The summed E-state index contributed by atoms with van der Waals surface area (Å²) in [7, 11) is 3.37. The van der Waals surface area contributed by atoms with Gasteiger partial charge in [-0.1, -0.05) is 11.8 Å². The quantitative estimate of drug-likeness (QED) is 0.845. The van der Waals surface area contributed by atoms with E-state index in [0.717, 1.165) is 0 Å². The highest BCUT2D eigenvalue weighted by Gasteiger charge is 2.09. The third-order valence-corrected chi connectivity index (χ3v) is 3.96. The Hall–Kier alpha value is -2.85. The molecule has 0 bridgehead atoms. The Morgan fingerprint density at radius 1 is 1.25 bits per heavy atom. The first kappa shape index (κ1) is 17.5. The van der Waals surface area contributed by atoms with E-state index in [-0.39, 0.29) is 17.6 Å². The molecule has 2 rings (SSSR count). The molecule has 6 nitrogen and oxygen atoms in total. The Morgan fingerprint density at radius 2 is 1.96 bits per heavy atom. The molecule has 0 saturated heterocycles. The lowest BCUT2D eigenvalue weighted by atomic mass is 10.2. The number of amides is 2. The van der Waals surface area contributed by atoms with Gasteiger partial charge in [-0.25, -0.2) is 4.98 Å². The standard InChI is InChI=1S/C17H16N4O2S/c1-21(2)17(23)13-3-5-14(6-4-13)20-15(22)11-24-16-9-12(10-18)7-8-19-16/h3-9H,11H2,1-2H3,(H,20,22). The summed E-state index contributed by atoms with van der Waals surface area (Å²) in [4.78, 5) is 29.4. The number of carbonyl (C=O) groups is 2. The van der Waals surface area contributed by atoms with Gasteiger partial charge in [0.1, 0.15) is 0 Å². The van der Waals surface area contributed by atoms with E-state index in [2.05, 4.69) is 10.3 Å². The van der Waals surface area contributed by atoms with Crippen LogP contribution in [-0.4, -0.2) is 41.5 Å². The zero-order chi connectivity index (χ0) is 17.5. The number of aromatic nitrogens is 1. The highest BCUT2D eigenvalue weighted by Crippen LogP contribution is 2.17. The SMILES string of the molecule is CN(C)C(=O)c1ccc(NC(=O)CSc2cc(C#N)ccn2)cc1. The summed E-state index contributed by atoms with van der Waals surface area (Å²) in [6.45, 7) is 0. The second-order valence-electron chi connectivity index (χ2n) is 5.11. The van der Waals surface area contributed by atoms with Crippen LogP contribution in [0.5, 0.6) is 0 Å². The fraction of sp³-hybridized carbons (Fsp3) is 0.176. The Kier molecular flexibility index (Phi) is 5.93. The predicted molar refractivity (Wildman–Crippen MR) is 92.8 cm³/mol. The van der Waals surface area contributed by atoms with Crippen molar-refractivity contribution in [3.63, 3.8) is 0 Å². The molecule has 0 spiro atoms. The van der Waals surface area contributed by atoms with Crippen molar-refractivity contribution in [1.82, 2.24) is 9.88 Å². The molecule has 1 N–H and O–H groups in total. The number of hydrogen-bond acceptors (Lipinski definition) is 5. The van der Waals surface area contributed by atoms with Gasteiger partial charge in [0.15, 0.2) is 0 Å². The number of benzene rings is 1. The Balaban J connectivity index is 1.90. The van der Waals surface area contributed by atoms with Gasteiger partial charge in [0, 0.05) is 31.5 Å². The summed E-state index contributed by atoms with van der Waals surface area (Å²) in [5, 5.41) is 12.2. The Labute approximate surface area is 144 Å². The number of nitrogens with zero attached hydrogens (tertiary/aromatic N) is 3. The van der Waals surface area contributed by atoms with E-state index in [9.17, 15) is 9.59 Å². The number of pyridine rings is 1. The molecule has 0 aliphatic carbocycles. The molecule has 0 radical (unpaired) electrons. The second kappa shape index (κ2) is 8.13. The molecule has 122 valence electrons. The van der Waals surface area contributed by atoms with Gasteiger partial charge in [0.05, 0.1) is 22.4 Å². The largest absolute Gasteiger partial charge is 0.345 e. The topological polar surface area (TPSA) is 86.1 Å². The first-order valence-corrected chi connectivity index (χ1v) is 8.08. The van der Waals surface area contributed by atoms with E-state index in [0.29, 0.717) is 21.8 Å². The van der Waals surface area contributed by atoms with Crippen LogP contribution in [0.1, 0.15) is 15.9 Å². The predicted octanol–water partition coefficient (Wildman–Crippen LogP) is 2.39. The molecular weight excluding hydrogens is 324 g/mol. The van der Waals surface area contributed by atoms with Crippen LogP contribution in [-0.2, 0) is 4.79 Å². The third-order valence-electron chi connectivity index (χ3n) is 3.04. The van der Waals surface area contributed by atoms with Crippen molar-refractivity contribution in [2.75, 3.05) is 25.2 Å². The van der Waals surface area contributed by atoms with E-state index >= 15 is 0 Å². The van der Waals surface area contributed by atoms with E-state index < -0.39 is 0 Å². The summed E-state index contributed by atoms with van der Waals surface area (Å²) >= 11 is 1.25. The van der Waals surface area contributed by atoms with Gasteiger partial charge >= 0.3 is 0 Å². The fourth-order valence-electron chi connectivity index (χ4n) is 1.85. The average Bonchev–Trinajstić information content (AvgIpc) is 2.60. The van der Waals surface area contributed by atoms with Crippen LogP contribution >= 0.6 is 11.8 Å². The van der Waals surface area contributed by atoms with Gasteiger partial charge in [-0.15, -0.1) is 0 Å². The first-order chi connectivity index (χ1) is 11.5. The van der Waals surface area contributed by atoms with Crippen molar-refractivity contribution in [3.8, 4) is 6.07 Å². The van der Waals surface area contributed by atoms with E-state index in [4.69, 9.17) is 5.26 Å². The summed E-state index contributed by atoms with van der Waals surface area (Å²) in [6.07, 6.45) is 1.54. The highest BCUT2D eigenvalue weighted by molar-refractivity contribution is 7.99. The lowest BCUT2D eigenvalue weighted by Crippen LogP contribution is -2.21. The number of nitriles is 1. The Bertz CT molecular complexity index is 782. The molecule has 1 aromatic heterocycles. The van der Waals surface area contributed by atoms with Gasteiger partial charge in [-0.2, -0.15) is 5.26 Å². The second-order valence-corrected chi connectivity index (χ2v) is 6.10.